The van der Waals surface area contributed by atoms with Gasteiger partial charge in [0.25, 0.3) is 0 Å². The third kappa shape index (κ3) is 3.21. The Bertz CT molecular complexity index is 786. The van der Waals surface area contributed by atoms with E-state index in [2.05, 4.69) is 0 Å². The van der Waals surface area contributed by atoms with Crippen molar-refractivity contribution in [1.29, 1.82) is 0 Å². The predicted octanol–water partition coefficient (Wildman–Crippen LogP) is 1.22. The molecule has 0 aliphatic carbocycles. The van der Waals surface area contributed by atoms with Crippen molar-refractivity contribution in [1.82, 2.24) is 0 Å². The van der Waals surface area contributed by atoms with E-state index in [1.807, 2.05) is 26.8 Å². The summed E-state index contributed by atoms with van der Waals surface area (Å²) in [6.07, 6.45) is -1.37. The summed E-state index contributed by atoms with van der Waals surface area (Å²) in [6.45, 7) is 7.60. The molecule has 22 heavy (non-hydrogen) atoms. The maximum atomic E-state index is 12.8. The first-order chi connectivity index (χ1) is 9.84. The predicted molar refractivity (Wildman–Crippen MR) is 85.5 cm³/mol. The van der Waals surface area contributed by atoms with Crippen LogP contribution >= 0.6 is 0 Å². The van der Waals surface area contributed by atoms with E-state index in [0.717, 1.165) is 5.56 Å². The monoisotopic (exact) mass is 346 g/mol. The molecule has 1 N–H and O–H groups in total. The molecular weight excluding hydrogens is 324 g/mol. The average Bonchev–Trinajstić information content (AvgIpc) is 2.62. The fourth-order valence-corrected chi connectivity index (χ4v) is 7.35. The molecule has 2 atom stereocenters. The van der Waals surface area contributed by atoms with Crippen molar-refractivity contribution in [3.63, 3.8) is 0 Å². The van der Waals surface area contributed by atoms with Crippen LogP contribution in [0.25, 0.3) is 0 Å². The lowest BCUT2D eigenvalue weighted by atomic mass is 9.87. The summed E-state index contributed by atoms with van der Waals surface area (Å²) < 4.78 is 48.8. The maximum Gasteiger partial charge on any atom is 0.185 e. The summed E-state index contributed by atoms with van der Waals surface area (Å²) in [6, 6.07) is 5.20. The van der Waals surface area contributed by atoms with Gasteiger partial charge in [0.15, 0.2) is 19.7 Å². The highest BCUT2D eigenvalue weighted by Crippen LogP contribution is 2.31. The minimum atomic E-state index is -3.90. The molecule has 0 amide bonds. The Labute approximate surface area is 132 Å². The van der Waals surface area contributed by atoms with Crippen molar-refractivity contribution < 1.29 is 21.9 Å². The Hall–Kier alpha value is -0.920. The van der Waals surface area contributed by atoms with Gasteiger partial charge in [-0.2, -0.15) is 0 Å². The molecule has 0 radical (unpaired) electrons. The van der Waals surface area contributed by atoms with Crippen molar-refractivity contribution in [2.75, 3.05) is 11.5 Å². The number of benzene rings is 1. The van der Waals surface area contributed by atoms with Crippen LogP contribution in [0, 0.1) is 6.92 Å². The van der Waals surface area contributed by atoms with Gasteiger partial charge in [0, 0.05) is 0 Å². The molecule has 1 aliphatic heterocycles. The van der Waals surface area contributed by atoms with E-state index in [-0.39, 0.29) is 10.3 Å². The molecule has 5 nitrogen and oxygen atoms in total. The Morgan fingerprint density at radius 2 is 1.77 bits per heavy atom. The second-order valence-electron chi connectivity index (χ2n) is 6.96. The van der Waals surface area contributed by atoms with E-state index in [4.69, 9.17) is 0 Å². The summed E-state index contributed by atoms with van der Waals surface area (Å²) in [4.78, 5) is 0.112. The number of hydrogen-bond acceptors (Lipinski definition) is 5. The lowest BCUT2D eigenvalue weighted by Crippen LogP contribution is -2.33. The first-order valence-electron chi connectivity index (χ1n) is 7.08. The highest BCUT2D eigenvalue weighted by molar-refractivity contribution is 7.96. The van der Waals surface area contributed by atoms with Gasteiger partial charge in [-0.25, -0.2) is 16.8 Å². The molecule has 1 aromatic rings. The smallest absolute Gasteiger partial charge is 0.185 e. The van der Waals surface area contributed by atoms with Crippen LogP contribution in [0.1, 0.15) is 31.9 Å². The van der Waals surface area contributed by atoms with Gasteiger partial charge in [-0.1, -0.05) is 32.9 Å². The molecule has 124 valence electrons. The van der Waals surface area contributed by atoms with Crippen molar-refractivity contribution in [2.45, 2.75) is 49.4 Å². The van der Waals surface area contributed by atoms with Crippen molar-refractivity contribution >= 4 is 19.7 Å². The van der Waals surface area contributed by atoms with Gasteiger partial charge in [0.1, 0.15) is 5.25 Å². The van der Waals surface area contributed by atoms with Gasteiger partial charge < -0.3 is 5.11 Å². The van der Waals surface area contributed by atoms with E-state index < -0.39 is 42.5 Å². The fraction of sp³-hybridized carbons (Fsp3) is 0.600. The summed E-state index contributed by atoms with van der Waals surface area (Å²) in [7, 11) is -7.42. The zero-order valence-corrected chi connectivity index (χ0v) is 14.8. The van der Waals surface area contributed by atoms with E-state index in [1.165, 1.54) is 0 Å². The zero-order chi connectivity index (χ0) is 16.9. The number of rotatable bonds is 2. The Kier molecular flexibility index (Phi) is 4.21. The molecule has 1 aliphatic rings. The molecule has 1 aromatic carbocycles. The highest BCUT2D eigenvalue weighted by Gasteiger charge is 2.45. The SMILES string of the molecule is Cc1ccc(C(C)(C)C)cc1S(=O)(=O)[C@@H]1CS(=O)(=O)C[C@H]1O. The van der Waals surface area contributed by atoms with Crippen molar-refractivity contribution in [3.8, 4) is 0 Å². The number of hydrogen-bond donors (Lipinski definition) is 1. The second kappa shape index (κ2) is 5.32. The van der Waals surface area contributed by atoms with Crippen molar-refractivity contribution in [3.05, 3.63) is 29.3 Å². The minimum Gasteiger partial charge on any atom is -0.391 e. The summed E-state index contributed by atoms with van der Waals surface area (Å²) >= 11 is 0. The lowest BCUT2D eigenvalue weighted by molar-refractivity contribution is 0.204. The van der Waals surface area contributed by atoms with Crippen LogP contribution in [-0.2, 0) is 25.1 Å². The fourth-order valence-electron chi connectivity index (χ4n) is 2.63. The minimum absolute atomic E-state index is 0.112. The van der Waals surface area contributed by atoms with Gasteiger partial charge in [-0.15, -0.1) is 0 Å². The lowest BCUT2D eigenvalue weighted by Gasteiger charge is -2.22. The van der Waals surface area contributed by atoms with E-state index >= 15 is 0 Å². The molecule has 1 fully saturated rings. The van der Waals surface area contributed by atoms with Gasteiger partial charge in [-0.05, 0) is 29.5 Å². The highest BCUT2D eigenvalue weighted by atomic mass is 32.2. The average molecular weight is 346 g/mol. The molecule has 0 spiro atoms. The molecule has 2 rings (SSSR count). The summed E-state index contributed by atoms with van der Waals surface area (Å²) in [5.41, 5.74) is 1.19. The van der Waals surface area contributed by atoms with Crippen LogP contribution < -0.4 is 0 Å². The van der Waals surface area contributed by atoms with Crippen molar-refractivity contribution in [2.24, 2.45) is 0 Å². The molecule has 1 saturated heterocycles. The number of aryl methyl sites for hydroxylation is 1. The number of aliphatic hydroxyl groups excluding tert-OH is 1. The maximum absolute atomic E-state index is 12.8. The van der Waals surface area contributed by atoms with E-state index in [0.29, 0.717) is 5.56 Å². The molecule has 0 aromatic heterocycles. The van der Waals surface area contributed by atoms with Gasteiger partial charge >= 0.3 is 0 Å². The van der Waals surface area contributed by atoms with E-state index in [1.54, 1.807) is 19.1 Å². The summed E-state index contributed by atoms with van der Waals surface area (Å²) in [5, 5.41) is 8.60. The molecule has 7 heteroatoms. The standard InChI is InChI=1S/C15H22O5S2/c1-10-5-6-11(15(2,3)4)7-13(10)22(19,20)14-9-21(17,18)8-12(14)16/h5-7,12,14,16H,8-9H2,1-4H3/t12-,14-/m1/s1. The Morgan fingerprint density at radius 3 is 2.23 bits per heavy atom. The van der Waals surface area contributed by atoms with Crippen LogP contribution in [0.4, 0.5) is 0 Å². The number of aliphatic hydroxyl groups is 1. The van der Waals surface area contributed by atoms with Crippen LogP contribution in [0.3, 0.4) is 0 Å². The Balaban J connectivity index is 2.55. The Morgan fingerprint density at radius 1 is 1.18 bits per heavy atom. The van der Waals surface area contributed by atoms with E-state index in [9.17, 15) is 21.9 Å². The topological polar surface area (TPSA) is 88.5 Å². The van der Waals surface area contributed by atoms with Crippen LogP contribution in [0.5, 0.6) is 0 Å². The third-order valence-corrected chi connectivity index (χ3v) is 8.29. The third-order valence-electron chi connectivity index (χ3n) is 4.03. The molecular formula is C15H22O5S2. The van der Waals surface area contributed by atoms with Gasteiger partial charge in [0.05, 0.1) is 22.5 Å². The molecule has 1 heterocycles. The van der Waals surface area contributed by atoms with Crippen LogP contribution in [0.2, 0.25) is 0 Å². The largest absolute Gasteiger partial charge is 0.391 e. The second-order valence-corrected chi connectivity index (χ2v) is 11.2. The normalized spacial score (nSPS) is 25.3. The van der Waals surface area contributed by atoms with Gasteiger partial charge in [-0.3, -0.25) is 0 Å². The first kappa shape index (κ1) is 17.4. The molecule has 0 unspecified atom stereocenters. The first-order valence-corrected chi connectivity index (χ1v) is 10.4. The molecule has 0 saturated carbocycles. The molecule has 0 bridgehead atoms. The quantitative estimate of drug-likeness (QED) is 0.870. The summed E-state index contributed by atoms with van der Waals surface area (Å²) in [5.74, 6) is -1.01. The zero-order valence-electron chi connectivity index (χ0n) is 13.2. The van der Waals surface area contributed by atoms with Crippen LogP contribution in [-0.4, -0.2) is 44.8 Å². The van der Waals surface area contributed by atoms with Crippen LogP contribution in [0.15, 0.2) is 23.1 Å². The van der Waals surface area contributed by atoms with Gasteiger partial charge in [0.2, 0.25) is 0 Å². The number of sulfone groups is 2.